The van der Waals surface area contributed by atoms with Crippen molar-refractivity contribution >= 4 is 0 Å². The van der Waals surface area contributed by atoms with Gasteiger partial charge in [0.25, 0.3) is 0 Å². The molecule has 0 aliphatic heterocycles. The van der Waals surface area contributed by atoms with E-state index in [-0.39, 0.29) is 0 Å². The van der Waals surface area contributed by atoms with Gasteiger partial charge in [0.15, 0.2) is 0 Å². The van der Waals surface area contributed by atoms with Gasteiger partial charge in [-0.25, -0.2) is 0 Å². The summed E-state index contributed by atoms with van der Waals surface area (Å²) in [6.45, 7) is 5.17. The summed E-state index contributed by atoms with van der Waals surface area (Å²) >= 11 is 0. The minimum absolute atomic E-state index is 0.841. The molecule has 0 radical (unpaired) electrons. The molecule has 1 heterocycles. The van der Waals surface area contributed by atoms with Gasteiger partial charge >= 0.3 is 0 Å². The molecule has 92 valence electrons. The summed E-state index contributed by atoms with van der Waals surface area (Å²) in [5.74, 6) is 0.851. The number of nitrogens with one attached hydrogen (secondary N) is 1. The van der Waals surface area contributed by atoms with Crippen LogP contribution in [0, 0.1) is 5.92 Å². The first-order chi connectivity index (χ1) is 8.34. The van der Waals surface area contributed by atoms with Crippen LogP contribution in [0.5, 0.6) is 0 Å². The molecule has 2 rings (SSSR count). The molecule has 2 nitrogen and oxygen atoms in total. The van der Waals surface area contributed by atoms with E-state index in [1.165, 1.54) is 32.1 Å². The van der Waals surface area contributed by atoms with Crippen LogP contribution >= 0.6 is 0 Å². The van der Waals surface area contributed by atoms with Gasteiger partial charge in [0.2, 0.25) is 0 Å². The standard InChI is InChI=1S/C15H22N2/c1-13(11-15-9-5-6-10-16-15)17-12-14-7-3-2-4-8-14/h5-6,9-10,14,17H,1-4,7-8,11-12H2. The van der Waals surface area contributed by atoms with Crippen LogP contribution in [0.15, 0.2) is 36.7 Å². The monoisotopic (exact) mass is 230 g/mol. The fourth-order valence-electron chi connectivity index (χ4n) is 2.46. The van der Waals surface area contributed by atoms with Gasteiger partial charge in [-0.3, -0.25) is 4.98 Å². The highest BCUT2D eigenvalue weighted by molar-refractivity contribution is 5.11. The van der Waals surface area contributed by atoms with Gasteiger partial charge in [0, 0.05) is 30.6 Å². The average Bonchev–Trinajstić information content (AvgIpc) is 2.39. The average molecular weight is 230 g/mol. The molecular formula is C15H22N2. The minimum Gasteiger partial charge on any atom is -0.388 e. The van der Waals surface area contributed by atoms with Crippen LogP contribution in [0.3, 0.4) is 0 Å². The van der Waals surface area contributed by atoms with Gasteiger partial charge < -0.3 is 5.32 Å². The number of hydrogen-bond donors (Lipinski definition) is 1. The Morgan fingerprint density at radius 3 is 2.82 bits per heavy atom. The predicted molar refractivity (Wildman–Crippen MR) is 71.7 cm³/mol. The lowest BCUT2D eigenvalue weighted by Crippen LogP contribution is -2.24. The van der Waals surface area contributed by atoms with Gasteiger partial charge in [-0.1, -0.05) is 31.9 Å². The Bertz CT molecular complexity index is 339. The zero-order valence-electron chi connectivity index (χ0n) is 10.5. The highest BCUT2D eigenvalue weighted by atomic mass is 14.9. The van der Waals surface area contributed by atoms with Gasteiger partial charge in [0.1, 0.15) is 0 Å². The maximum Gasteiger partial charge on any atom is 0.0461 e. The van der Waals surface area contributed by atoms with Crippen molar-refractivity contribution in [2.24, 2.45) is 5.92 Å². The molecule has 1 aromatic heterocycles. The van der Waals surface area contributed by atoms with Crippen molar-refractivity contribution in [2.75, 3.05) is 6.54 Å². The number of aromatic nitrogens is 1. The molecule has 0 bridgehead atoms. The van der Waals surface area contributed by atoms with Crippen LogP contribution in [0.1, 0.15) is 37.8 Å². The van der Waals surface area contributed by atoms with Crippen molar-refractivity contribution in [1.82, 2.24) is 10.3 Å². The lowest BCUT2D eigenvalue weighted by atomic mass is 9.89. The van der Waals surface area contributed by atoms with E-state index in [4.69, 9.17) is 0 Å². The first kappa shape index (κ1) is 12.2. The van der Waals surface area contributed by atoms with Crippen LogP contribution in [-0.4, -0.2) is 11.5 Å². The zero-order chi connectivity index (χ0) is 11.9. The van der Waals surface area contributed by atoms with Crippen LogP contribution in [-0.2, 0) is 6.42 Å². The summed E-state index contributed by atoms with van der Waals surface area (Å²) in [5.41, 5.74) is 2.18. The van der Waals surface area contributed by atoms with Crippen molar-refractivity contribution in [2.45, 2.75) is 38.5 Å². The highest BCUT2D eigenvalue weighted by Gasteiger charge is 2.12. The summed E-state index contributed by atoms with van der Waals surface area (Å²) in [6.07, 6.45) is 9.66. The Morgan fingerprint density at radius 1 is 1.29 bits per heavy atom. The van der Waals surface area contributed by atoms with Gasteiger partial charge in [0.05, 0.1) is 0 Å². The summed E-state index contributed by atoms with van der Waals surface area (Å²) in [6, 6.07) is 6.02. The highest BCUT2D eigenvalue weighted by Crippen LogP contribution is 2.22. The second-order valence-electron chi connectivity index (χ2n) is 4.99. The molecule has 0 unspecified atom stereocenters. The number of pyridine rings is 1. The third-order valence-electron chi connectivity index (χ3n) is 3.49. The Morgan fingerprint density at radius 2 is 2.12 bits per heavy atom. The molecule has 0 aromatic carbocycles. The van der Waals surface area contributed by atoms with Gasteiger partial charge in [-0.2, -0.15) is 0 Å². The molecule has 1 aromatic rings. The molecule has 1 aliphatic rings. The molecule has 1 fully saturated rings. The van der Waals surface area contributed by atoms with E-state index >= 15 is 0 Å². The maximum absolute atomic E-state index is 4.31. The molecule has 1 N–H and O–H groups in total. The first-order valence-electron chi connectivity index (χ1n) is 6.66. The first-order valence-corrected chi connectivity index (χ1v) is 6.66. The number of allylic oxidation sites excluding steroid dienone is 1. The molecule has 0 amide bonds. The van der Waals surface area contributed by atoms with E-state index in [2.05, 4.69) is 16.9 Å². The lowest BCUT2D eigenvalue weighted by molar-refractivity contribution is 0.350. The third-order valence-corrected chi connectivity index (χ3v) is 3.49. The summed E-state index contributed by atoms with van der Waals surface area (Å²) in [7, 11) is 0. The van der Waals surface area contributed by atoms with E-state index in [9.17, 15) is 0 Å². The van der Waals surface area contributed by atoms with Crippen molar-refractivity contribution in [3.05, 3.63) is 42.4 Å². The molecule has 1 saturated carbocycles. The predicted octanol–water partition coefficient (Wildman–Crippen LogP) is 3.31. The van der Waals surface area contributed by atoms with Crippen LogP contribution in [0.4, 0.5) is 0 Å². The van der Waals surface area contributed by atoms with Crippen LogP contribution < -0.4 is 5.32 Å². The molecule has 2 heteroatoms. The van der Waals surface area contributed by atoms with Crippen LogP contribution in [0.2, 0.25) is 0 Å². The van der Waals surface area contributed by atoms with E-state index in [1.54, 1.807) is 0 Å². The number of hydrogen-bond acceptors (Lipinski definition) is 2. The molecule has 1 aliphatic carbocycles. The van der Waals surface area contributed by atoms with E-state index in [0.29, 0.717) is 0 Å². The smallest absolute Gasteiger partial charge is 0.0461 e. The number of rotatable bonds is 5. The van der Waals surface area contributed by atoms with E-state index < -0.39 is 0 Å². The van der Waals surface area contributed by atoms with Crippen molar-refractivity contribution in [3.63, 3.8) is 0 Å². The number of nitrogens with zero attached hydrogens (tertiary/aromatic N) is 1. The topological polar surface area (TPSA) is 24.9 Å². The Balaban J connectivity index is 1.70. The summed E-state index contributed by atoms with van der Waals surface area (Å²) in [5, 5.41) is 3.47. The van der Waals surface area contributed by atoms with Crippen LogP contribution in [0.25, 0.3) is 0 Å². The summed E-state index contributed by atoms with van der Waals surface area (Å²) < 4.78 is 0. The van der Waals surface area contributed by atoms with Crippen molar-refractivity contribution in [3.8, 4) is 0 Å². The minimum atomic E-state index is 0.841. The van der Waals surface area contributed by atoms with E-state index in [1.807, 2.05) is 24.4 Å². The quantitative estimate of drug-likeness (QED) is 0.839. The van der Waals surface area contributed by atoms with Gasteiger partial charge in [-0.15, -0.1) is 0 Å². The molecule has 0 atom stereocenters. The second-order valence-corrected chi connectivity index (χ2v) is 4.99. The Hall–Kier alpha value is -1.31. The van der Waals surface area contributed by atoms with Gasteiger partial charge in [-0.05, 0) is 30.9 Å². The fourth-order valence-corrected chi connectivity index (χ4v) is 2.46. The maximum atomic E-state index is 4.31. The lowest BCUT2D eigenvalue weighted by Gasteiger charge is -2.22. The molecule has 17 heavy (non-hydrogen) atoms. The molecule has 0 spiro atoms. The van der Waals surface area contributed by atoms with E-state index in [0.717, 1.165) is 30.3 Å². The fraction of sp³-hybridized carbons (Fsp3) is 0.533. The zero-order valence-corrected chi connectivity index (χ0v) is 10.5. The van der Waals surface area contributed by atoms with Crippen molar-refractivity contribution < 1.29 is 0 Å². The third kappa shape index (κ3) is 4.22. The Labute approximate surface area is 104 Å². The molecular weight excluding hydrogens is 208 g/mol. The normalized spacial score (nSPS) is 16.7. The largest absolute Gasteiger partial charge is 0.388 e. The molecule has 0 saturated heterocycles. The SMILES string of the molecule is C=C(Cc1ccccn1)NCC1CCCCC1. The Kier molecular flexibility index (Phi) is 4.60. The second kappa shape index (κ2) is 6.43. The summed E-state index contributed by atoms with van der Waals surface area (Å²) in [4.78, 5) is 4.31. The van der Waals surface area contributed by atoms with Crippen molar-refractivity contribution in [1.29, 1.82) is 0 Å².